The summed E-state index contributed by atoms with van der Waals surface area (Å²) in [5, 5.41) is 8.65. The number of nitrogens with one attached hydrogen (secondary N) is 2. The fourth-order valence-corrected chi connectivity index (χ4v) is 8.03. The molecule has 0 bridgehead atoms. The largest absolute Gasteiger partial charge is 0.367 e. The number of carbonyl (C=O) groups excluding carboxylic acids is 3. The van der Waals surface area contributed by atoms with Crippen LogP contribution in [0.25, 0.3) is 0 Å². The number of fused-ring (bicyclic) bond motifs is 1. The van der Waals surface area contributed by atoms with Crippen molar-refractivity contribution in [2.75, 3.05) is 50.8 Å². The Morgan fingerprint density at radius 3 is 2.60 bits per heavy atom. The highest BCUT2D eigenvalue weighted by Crippen LogP contribution is 2.32. The van der Waals surface area contributed by atoms with Gasteiger partial charge in [-0.05, 0) is 93.6 Å². The van der Waals surface area contributed by atoms with Crippen molar-refractivity contribution < 1.29 is 19.1 Å². The van der Waals surface area contributed by atoms with Crippen molar-refractivity contribution in [2.45, 2.75) is 76.1 Å². The van der Waals surface area contributed by atoms with Crippen LogP contribution < -0.4 is 15.5 Å². The standard InChI is InChI=1S/C32H42ClN5O4S/c33-26-17-22(31(40)38-13-2-1-5-29-28(38)10-16-43-29)6-7-23(26)19-35-30(39)21-42-25-18-27(34-20-25)32(41)37-14-8-24(9-15-37)36-11-3-4-12-36/h6-7,10,16-17,24-25,27,34H,1-5,8-9,11-15,18-21H2,(H,35,39)/t25-,27+/m1/s1. The van der Waals surface area contributed by atoms with Crippen LogP contribution in [0.15, 0.2) is 29.6 Å². The van der Waals surface area contributed by atoms with E-state index in [0.29, 0.717) is 36.1 Å². The average Bonchev–Trinajstić information content (AvgIpc) is 3.80. The third-order valence-electron chi connectivity index (χ3n) is 9.34. The van der Waals surface area contributed by atoms with Crippen molar-refractivity contribution in [2.24, 2.45) is 0 Å². The second-order valence-corrected chi connectivity index (χ2v) is 13.6. The normalized spacial score (nSPS) is 23.3. The maximum absolute atomic E-state index is 13.3. The zero-order valence-electron chi connectivity index (χ0n) is 24.7. The maximum Gasteiger partial charge on any atom is 0.258 e. The Morgan fingerprint density at radius 2 is 1.81 bits per heavy atom. The van der Waals surface area contributed by atoms with E-state index < -0.39 is 0 Å². The number of ether oxygens (including phenoxy) is 1. The van der Waals surface area contributed by atoms with Gasteiger partial charge in [-0.25, -0.2) is 0 Å². The summed E-state index contributed by atoms with van der Waals surface area (Å²) in [7, 11) is 0. The molecule has 5 heterocycles. The molecule has 6 rings (SSSR count). The molecule has 11 heteroatoms. The van der Waals surface area contributed by atoms with Gasteiger partial charge in [0.25, 0.3) is 5.91 Å². The van der Waals surface area contributed by atoms with Gasteiger partial charge in [-0.2, -0.15) is 0 Å². The van der Waals surface area contributed by atoms with Gasteiger partial charge in [-0.1, -0.05) is 17.7 Å². The Morgan fingerprint density at radius 1 is 1.02 bits per heavy atom. The molecule has 9 nitrogen and oxygen atoms in total. The number of benzene rings is 1. The molecule has 43 heavy (non-hydrogen) atoms. The van der Waals surface area contributed by atoms with E-state index in [1.54, 1.807) is 29.5 Å². The summed E-state index contributed by atoms with van der Waals surface area (Å²) in [4.78, 5) is 46.7. The van der Waals surface area contributed by atoms with Crippen molar-refractivity contribution in [3.8, 4) is 0 Å². The quantitative estimate of drug-likeness (QED) is 0.462. The Balaban J connectivity index is 0.924. The molecule has 4 aliphatic rings. The van der Waals surface area contributed by atoms with Crippen LogP contribution in [0.3, 0.4) is 0 Å². The summed E-state index contributed by atoms with van der Waals surface area (Å²) < 4.78 is 5.85. The van der Waals surface area contributed by atoms with Crippen LogP contribution in [0.2, 0.25) is 5.02 Å². The molecule has 1 aromatic heterocycles. The topological polar surface area (TPSA) is 94.2 Å². The summed E-state index contributed by atoms with van der Waals surface area (Å²) in [5.41, 5.74) is 2.28. The fourth-order valence-electron chi connectivity index (χ4n) is 6.86. The van der Waals surface area contributed by atoms with Crippen molar-refractivity contribution in [3.63, 3.8) is 0 Å². The second kappa shape index (κ2) is 14.1. The lowest BCUT2D eigenvalue weighted by molar-refractivity contribution is -0.134. The zero-order valence-corrected chi connectivity index (χ0v) is 26.3. The van der Waals surface area contributed by atoms with Crippen molar-refractivity contribution in [3.05, 3.63) is 50.7 Å². The van der Waals surface area contributed by atoms with Crippen molar-refractivity contribution in [1.82, 2.24) is 20.4 Å². The lowest BCUT2D eigenvalue weighted by atomic mass is 10.0. The molecule has 0 spiro atoms. The molecule has 3 fully saturated rings. The second-order valence-electron chi connectivity index (χ2n) is 12.2. The van der Waals surface area contributed by atoms with Gasteiger partial charge in [0.1, 0.15) is 6.61 Å². The van der Waals surface area contributed by atoms with Crippen LogP contribution in [0.5, 0.6) is 0 Å². The number of likely N-dealkylation sites (tertiary alicyclic amines) is 2. The molecule has 0 saturated carbocycles. The lowest BCUT2D eigenvalue weighted by Crippen LogP contribution is -2.50. The molecule has 232 valence electrons. The van der Waals surface area contributed by atoms with Gasteiger partial charge >= 0.3 is 0 Å². The van der Waals surface area contributed by atoms with Crippen LogP contribution in [0.4, 0.5) is 5.69 Å². The molecule has 2 N–H and O–H groups in total. The predicted octanol–water partition coefficient (Wildman–Crippen LogP) is 3.83. The molecule has 1 aromatic carbocycles. The number of amides is 3. The van der Waals surface area contributed by atoms with Gasteiger partial charge in [-0.3, -0.25) is 14.4 Å². The van der Waals surface area contributed by atoms with Crippen molar-refractivity contribution in [1.29, 1.82) is 0 Å². The van der Waals surface area contributed by atoms with E-state index in [9.17, 15) is 14.4 Å². The summed E-state index contributed by atoms with van der Waals surface area (Å²) in [6.45, 7) is 5.44. The highest BCUT2D eigenvalue weighted by Gasteiger charge is 2.35. The molecule has 0 aliphatic carbocycles. The van der Waals surface area contributed by atoms with E-state index in [1.807, 2.05) is 21.2 Å². The minimum Gasteiger partial charge on any atom is -0.367 e. The lowest BCUT2D eigenvalue weighted by Gasteiger charge is -2.37. The van der Waals surface area contributed by atoms with Crippen LogP contribution in [-0.4, -0.2) is 91.6 Å². The first-order valence-corrected chi connectivity index (χ1v) is 17.0. The van der Waals surface area contributed by atoms with E-state index in [2.05, 4.69) is 15.5 Å². The van der Waals surface area contributed by atoms with Gasteiger partial charge in [0.05, 0.1) is 17.8 Å². The molecular weight excluding hydrogens is 586 g/mol. The van der Waals surface area contributed by atoms with Crippen LogP contribution in [0.1, 0.15) is 65.7 Å². The van der Waals surface area contributed by atoms with Gasteiger partial charge in [-0.15, -0.1) is 11.3 Å². The Labute approximate surface area is 262 Å². The van der Waals surface area contributed by atoms with E-state index >= 15 is 0 Å². The molecule has 2 atom stereocenters. The van der Waals surface area contributed by atoms with Crippen molar-refractivity contribution >= 4 is 46.3 Å². The van der Waals surface area contributed by atoms with Gasteiger partial charge in [0.15, 0.2) is 0 Å². The molecule has 2 aromatic rings. The van der Waals surface area contributed by atoms with Gasteiger partial charge < -0.3 is 30.1 Å². The molecular formula is C32H42ClN5O4S. The highest BCUT2D eigenvalue weighted by atomic mass is 35.5. The van der Waals surface area contributed by atoms with E-state index in [1.165, 1.54) is 30.8 Å². The van der Waals surface area contributed by atoms with Crippen LogP contribution in [0, 0.1) is 0 Å². The number of carbonyl (C=O) groups is 3. The Bertz CT molecular complexity index is 1310. The number of halogens is 1. The minimum absolute atomic E-state index is 0.0547. The number of hydrogen-bond acceptors (Lipinski definition) is 7. The van der Waals surface area contributed by atoms with Gasteiger partial charge in [0.2, 0.25) is 11.8 Å². The maximum atomic E-state index is 13.3. The SMILES string of the molecule is O=C(CO[C@H]1CN[C@H](C(=O)N2CCC(N3CCCC3)CC2)C1)NCc1ccc(C(=O)N2CCCCc3sccc32)cc1Cl. The summed E-state index contributed by atoms with van der Waals surface area (Å²) >= 11 is 8.24. The number of aryl methyl sites for hydroxylation is 1. The average molecular weight is 628 g/mol. The zero-order chi connectivity index (χ0) is 29.8. The first kappa shape index (κ1) is 30.5. The summed E-state index contributed by atoms with van der Waals surface area (Å²) in [6.07, 6.45) is 8.14. The Hall–Kier alpha value is -2.50. The first-order valence-electron chi connectivity index (χ1n) is 15.8. The highest BCUT2D eigenvalue weighted by molar-refractivity contribution is 7.10. The first-order chi connectivity index (χ1) is 21.0. The number of piperidine rings is 1. The number of thiophene rings is 1. The summed E-state index contributed by atoms with van der Waals surface area (Å²) in [5.74, 6) is -0.149. The Kier molecular flexibility index (Phi) is 9.99. The molecule has 3 saturated heterocycles. The number of hydrogen-bond donors (Lipinski definition) is 2. The van der Waals surface area contributed by atoms with E-state index in [0.717, 1.165) is 56.4 Å². The smallest absolute Gasteiger partial charge is 0.258 e. The fraction of sp³-hybridized carbons (Fsp3) is 0.594. The van der Waals surface area contributed by atoms with E-state index in [-0.39, 0.29) is 43.0 Å². The van der Waals surface area contributed by atoms with E-state index in [4.69, 9.17) is 16.3 Å². The minimum atomic E-state index is -0.253. The van der Waals surface area contributed by atoms with Crippen LogP contribution >= 0.6 is 22.9 Å². The summed E-state index contributed by atoms with van der Waals surface area (Å²) in [6, 6.07) is 7.65. The third-order valence-corrected chi connectivity index (χ3v) is 10.7. The predicted molar refractivity (Wildman–Crippen MR) is 169 cm³/mol. The molecule has 0 unspecified atom stereocenters. The number of anilines is 1. The van der Waals surface area contributed by atoms with Gasteiger partial charge in [0, 0.05) is 54.2 Å². The number of nitrogens with zero attached hydrogens (tertiary/aromatic N) is 3. The third kappa shape index (κ3) is 7.26. The number of rotatable bonds is 8. The molecule has 0 radical (unpaired) electrons. The monoisotopic (exact) mass is 627 g/mol. The molecule has 3 amide bonds. The van der Waals surface area contributed by atoms with Crippen LogP contribution in [-0.2, 0) is 27.3 Å². The molecule has 4 aliphatic heterocycles.